The van der Waals surface area contributed by atoms with Gasteiger partial charge in [-0.05, 0) is 42.3 Å². The molecular formula is C19H19N3O3. The van der Waals surface area contributed by atoms with Crippen LogP contribution in [0.5, 0.6) is 0 Å². The van der Waals surface area contributed by atoms with Gasteiger partial charge in [0.15, 0.2) is 5.82 Å². The van der Waals surface area contributed by atoms with Crippen LogP contribution in [-0.2, 0) is 17.9 Å². The predicted octanol–water partition coefficient (Wildman–Crippen LogP) is 3.12. The zero-order chi connectivity index (χ0) is 17.6. The molecule has 0 spiro atoms. The number of amides is 1. The number of aryl methyl sites for hydroxylation is 1. The van der Waals surface area contributed by atoms with Crippen LogP contribution in [0.2, 0.25) is 0 Å². The molecule has 1 N–H and O–H groups in total. The molecule has 0 saturated heterocycles. The Kier molecular flexibility index (Phi) is 5.20. The number of carbonyl (C=O) groups excluding carboxylic acids is 1. The molecule has 0 saturated carbocycles. The summed E-state index contributed by atoms with van der Waals surface area (Å²) in [5, 5.41) is 6.67. The quantitative estimate of drug-likeness (QED) is 0.748. The zero-order valence-electron chi connectivity index (χ0n) is 14.2. The molecule has 25 heavy (non-hydrogen) atoms. The van der Waals surface area contributed by atoms with E-state index in [0.717, 1.165) is 16.7 Å². The Morgan fingerprint density at radius 1 is 1.08 bits per heavy atom. The van der Waals surface area contributed by atoms with E-state index >= 15 is 0 Å². The van der Waals surface area contributed by atoms with E-state index < -0.39 is 0 Å². The standard InChI is InChI=1S/C19H19N3O3/c1-13-21-19(25-22-13)17-9-7-16(8-10-17)18(23)20-11-14-3-5-15(6-4-14)12-24-2/h3-10H,11-12H2,1-2H3,(H,20,23). The normalized spacial score (nSPS) is 10.6. The zero-order valence-corrected chi connectivity index (χ0v) is 14.2. The highest BCUT2D eigenvalue weighted by molar-refractivity contribution is 5.94. The van der Waals surface area contributed by atoms with E-state index in [-0.39, 0.29) is 5.91 Å². The molecule has 0 aliphatic heterocycles. The van der Waals surface area contributed by atoms with Crippen molar-refractivity contribution < 1.29 is 14.1 Å². The van der Waals surface area contributed by atoms with E-state index in [9.17, 15) is 4.79 Å². The van der Waals surface area contributed by atoms with Crippen molar-refractivity contribution in [1.29, 1.82) is 0 Å². The lowest BCUT2D eigenvalue weighted by atomic mass is 10.1. The van der Waals surface area contributed by atoms with Crippen LogP contribution >= 0.6 is 0 Å². The number of nitrogens with one attached hydrogen (secondary N) is 1. The molecule has 3 aromatic rings. The minimum absolute atomic E-state index is 0.130. The first-order valence-electron chi connectivity index (χ1n) is 7.91. The highest BCUT2D eigenvalue weighted by Gasteiger charge is 2.09. The lowest BCUT2D eigenvalue weighted by Gasteiger charge is -2.07. The van der Waals surface area contributed by atoms with Crippen molar-refractivity contribution in [3.8, 4) is 11.5 Å². The van der Waals surface area contributed by atoms with E-state index in [1.54, 1.807) is 38.3 Å². The van der Waals surface area contributed by atoms with Crippen LogP contribution in [0.3, 0.4) is 0 Å². The van der Waals surface area contributed by atoms with Gasteiger partial charge in [-0.1, -0.05) is 29.4 Å². The second kappa shape index (κ2) is 7.72. The first-order valence-corrected chi connectivity index (χ1v) is 7.91. The number of hydrogen-bond acceptors (Lipinski definition) is 5. The summed E-state index contributed by atoms with van der Waals surface area (Å²) in [5.41, 5.74) is 3.50. The fourth-order valence-electron chi connectivity index (χ4n) is 2.38. The Morgan fingerprint density at radius 2 is 1.76 bits per heavy atom. The first kappa shape index (κ1) is 16.9. The first-order chi connectivity index (χ1) is 12.2. The van der Waals surface area contributed by atoms with Crippen molar-refractivity contribution in [2.75, 3.05) is 7.11 Å². The number of rotatable bonds is 6. The molecule has 6 nitrogen and oxygen atoms in total. The van der Waals surface area contributed by atoms with Crippen molar-refractivity contribution in [3.05, 3.63) is 71.0 Å². The highest BCUT2D eigenvalue weighted by Crippen LogP contribution is 2.17. The molecule has 0 radical (unpaired) electrons. The van der Waals surface area contributed by atoms with Gasteiger partial charge in [0.1, 0.15) is 0 Å². The summed E-state index contributed by atoms with van der Waals surface area (Å²) in [5.74, 6) is 0.892. The molecule has 0 aliphatic rings. The van der Waals surface area contributed by atoms with Crippen LogP contribution in [-0.4, -0.2) is 23.2 Å². The smallest absolute Gasteiger partial charge is 0.257 e. The second-order valence-electron chi connectivity index (χ2n) is 5.66. The van der Waals surface area contributed by atoms with Crippen molar-refractivity contribution >= 4 is 5.91 Å². The van der Waals surface area contributed by atoms with Crippen LogP contribution in [0.4, 0.5) is 0 Å². The Labute approximate surface area is 145 Å². The van der Waals surface area contributed by atoms with E-state index in [0.29, 0.717) is 30.4 Å². The van der Waals surface area contributed by atoms with Gasteiger partial charge in [-0.15, -0.1) is 0 Å². The maximum Gasteiger partial charge on any atom is 0.257 e. The summed E-state index contributed by atoms with van der Waals surface area (Å²) in [7, 11) is 1.67. The number of carbonyl (C=O) groups is 1. The lowest BCUT2D eigenvalue weighted by Crippen LogP contribution is -2.22. The molecule has 1 aromatic heterocycles. The summed E-state index contributed by atoms with van der Waals surface area (Å²) in [4.78, 5) is 16.4. The maximum absolute atomic E-state index is 12.3. The molecule has 0 fully saturated rings. The van der Waals surface area contributed by atoms with E-state index in [1.807, 2.05) is 24.3 Å². The Hall–Kier alpha value is -2.99. The molecule has 0 unspecified atom stereocenters. The summed E-state index contributed by atoms with van der Waals surface area (Å²) in [6.07, 6.45) is 0. The van der Waals surface area contributed by atoms with Crippen LogP contribution in [0.15, 0.2) is 53.1 Å². The number of methoxy groups -OCH3 is 1. The van der Waals surface area contributed by atoms with Gasteiger partial charge in [0.25, 0.3) is 11.8 Å². The van der Waals surface area contributed by atoms with Crippen molar-refractivity contribution in [2.24, 2.45) is 0 Å². The van der Waals surface area contributed by atoms with Crippen LogP contribution in [0.25, 0.3) is 11.5 Å². The fraction of sp³-hybridized carbons (Fsp3) is 0.211. The second-order valence-corrected chi connectivity index (χ2v) is 5.66. The van der Waals surface area contributed by atoms with Gasteiger partial charge >= 0.3 is 0 Å². The number of nitrogens with zero attached hydrogens (tertiary/aromatic N) is 2. The van der Waals surface area contributed by atoms with Gasteiger partial charge < -0.3 is 14.6 Å². The lowest BCUT2D eigenvalue weighted by molar-refractivity contribution is 0.0951. The molecule has 0 bridgehead atoms. The van der Waals surface area contributed by atoms with Gasteiger partial charge in [-0.25, -0.2) is 0 Å². The van der Waals surface area contributed by atoms with E-state index in [1.165, 1.54) is 0 Å². The molecule has 1 amide bonds. The minimum atomic E-state index is -0.130. The molecule has 0 atom stereocenters. The van der Waals surface area contributed by atoms with Gasteiger partial charge in [0, 0.05) is 24.8 Å². The number of hydrogen-bond donors (Lipinski definition) is 1. The third-order valence-corrected chi connectivity index (χ3v) is 3.71. The van der Waals surface area contributed by atoms with Crippen molar-refractivity contribution in [1.82, 2.24) is 15.5 Å². The molecular weight excluding hydrogens is 318 g/mol. The average Bonchev–Trinajstić information content (AvgIpc) is 3.08. The Bertz CT molecular complexity index is 839. The van der Waals surface area contributed by atoms with Gasteiger partial charge in [-0.2, -0.15) is 4.98 Å². The predicted molar refractivity (Wildman–Crippen MR) is 92.8 cm³/mol. The van der Waals surface area contributed by atoms with Crippen LogP contribution in [0.1, 0.15) is 27.3 Å². The number of aromatic nitrogens is 2. The third-order valence-electron chi connectivity index (χ3n) is 3.71. The topological polar surface area (TPSA) is 77.2 Å². The average molecular weight is 337 g/mol. The van der Waals surface area contributed by atoms with Gasteiger partial charge in [-0.3, -0.25) is 4.79 Å². The maximum atomic E-state index is 12.3. The third kappa shape index (κ3) is 4.30. The summed E-state index contributed by atoms with van der Waals surface area (Å²) < 4.78 is 10.2. The molecule has 6 heteroatoms. The van der Waals surface area contributed by atoms with Crippen LogP contribution in [0, 0.1) is 6.92 Å². The summed E-state index contributed by atoms with van der Waals surface area (Å²) in [6, 6.07) is 15.0. The highest BCUT2D eigenvalue weighted by atomic mass is 16.5. The largest absolute Gasteiger partial charge is 0.380 e. The Balaban J connectivity index is 1.59. The van der Waals surface area contributed by atoms with Crippen molar-refractivity contribution in [2.45, 2.75) is 20.1 Å². The van der Waals surface area contributed by atoms with Crippen LogP contribution < -0.4 is 5.32 Å². The SMILES string of the molecule is COCc1ccc(CNC(=O)c2ccc(-c3nc(C)no3)cc2)cc1. The van der Waals surface area contributed by atoms with Gasteiger partial charge in [0.2, 0.25) is 0 Å². The number of ether oxygens (including phenoxy) is 1. The monoisotopic (exact) mass is 337 g/mol. The van der Waals surface area contributed by atoms with Gasteiger partial charge in [0.05, 0.1) is 6.61 Å². The molecule has 1 heterocycles. The molecule has 0 aliphatic carbocycles. The summed E-state index contributed by atoms with van der Waals surface area (Å²) in [6.45, 7) is 2.81. The number of benzene rings is 2. The Morgan fingerprint density at radius 3 is 2.36 bits per heavy atom. The van der Waals surface area contributed by atoms with E-state index in [4.69, 9.17) is 9.26 Å². The molecule has 3 rings (SSSR count). The van der Waals surface area contributed by atoms with E-state index in [2.05, 4.69) is 15.5 Å². The molecule has 128 valence electrons. The molecule has 2 aromatic carbocycles. The fourth-order valence-corrected chi connectivity index (χ4v) is 2.38. The summed E-state index contributed by atoms with van der Waals surface area (Å²) >= 11 is 0. The minimum Gasteiger partial charge on any atom is -0.380 e. The van der Waals surface area contributed by atoms with Crippen molar-refractivity contribution in [3.63, 3.8) is 0 Å².